The van der Waals surface area contributed by atoms with Gasteiger partial charge in [-0.25, -0.2) is 12.8 Å². The second-order valence-corrected chi connectivity index (χ2v) is 6.84. The van der Waals surface area contributed by atoms with Crippen molar-refractivity contribution in [3.05, 3.63) is 35.0 Å². The lowest BCUT2D eigenvalue weighted by atomic mass is 10.2. The van der Waals surface area contributed by atoms with Crippen molar-refractivity contribution < 1.29 is 12.8 Å². The molecule has 0 fully saturated rings. The zero-order valence-electron chi connectivity index (χ0n) is 8.73. The van der Waals surface area contributed by atoms with Gasteiger partial charge in [-0.05, 0) is 28.5 Å². The average molecular weight is 258 g/mol. The number of benzene rings is 1. The Morgan fingerprint density at radius 3 is 2.81 bits per heavy atom. The molecule has 5 heteroatoms. The molecule has 1 aromatic carbocycles. The van der Waals surface area contributed by atoms with Crippen LogP contribution in [0.25, 0.3) is 10.1 Å². The first-order valence-electron chi connectivity index (χ1n) is 4.88. The summed E-state index contributed by atoms with van der Waals surface area (Å²) >= 11 is 1.37. The molecule has 0 aliphatic heterocycles. The molecule has 0 saturated carbocycles. The van der Waals surface area contributed by atoms with Crippen LogP contribution in [0.15, 0.2) is 23.6 Å². The van der Waals surface area contributed by atoms with Crippen molar-refractivity contribution in [1.82, 2.24) is 0 Å². The number of hydrogen-bond acceptors (Lipinski definition) is 3. The molecule has 2 aromatic rings. The summed E-state index contributed by atoms with van der Waals surface area (Å²) in [6.45, 7) is 1.63. The topological polar surface area (TPSA) is 34.1 Å². The second kappa shape index (κ2) is 4.14. The summed E-state index contributed by atoms with van der Waals surface area (Å²) in [5, 5.41) is 2.63. The van der Waals surface area contributed by atoms with E-state index < -0.39 is 9.84 Å². The van der Waals surface area contributed by atoms with Gasteiger partial charge in [0.2, 0.25) is 0 Å². The van der Waals surface area contributed by atoms with Crippen LogP contribution in [0.4, 0.5) is 4.39 Å². The molecule has 0 radical (unpaired) electrons. The molecule has 16 heavy (non-hydrogen) atoms. The van der Waals surface area contributed by atoms with Crippen LogP contribution in [-0.4, -0.2) is 14.2 Å². The van der Waals surface area contributed by atoms with Gasteiger partial charge in [-0.2, -0.15) is 0 Å². The molecule has 0 spiro atoms. The highest BCUT2D eigenvalue weighted by atomic mass is 32.2. The minimum atomic E-state index is -3.03. The first kappa shape index (κ1) is 11.5. The molecule has 0 aliphatic rings. The van der Waals surface area contributed by atoms with Gasteiger partial charge in [0.05, 0.1) is 5.75 Å². The fourth-order valence-electron chi connectivity index (χ4n) is 1.51. The molecule has 0 atom stereocenters. The van der Waals surface area contributed by atoms with E-state index in [2.05, 4.69) is 0 Å². The Bertz CT molecular complexity index is 614. The summed E-state index contributed by atoms with van der Waals surface area (Å²) in [7, 11) is -3.03. The minimum absolute atomic E-state index is 0.0368. The summed E-state index contributed by atoms with van der Waals surface area (Å²) in [5.74, 6) is -0.125. The van der Waals surface area contributed by atoms with Crippen LogP contribution in [0.2, 0.25) is 0 Å². The zero-order valence-corrected chi connectivity index (χ0v) is 10.4. The van der Waals surface area contributed by atoms with E-state index in [0.717, 1.165) is 15.6 Å². The molecule has 0 bridgehead atoms. The van der Waals surface area contributed by atoms with E-state index in [0.29, 0.717) is 0 Å². The summed E-state index contributed by atoms with van der Waals surface area (Å²) in [4.78, 5) is 0. The second-order valence-electron chi connectivity index (χ2n) is 3.58. The van der Waals surface area contributed by atoms with Crippen molar-refractivity contribution in [2.75, 3.05) is 5.75 Å². The van der Waals surface area contributed by atoms with Gasteiger partial charge in [0.15, 0.2) is 9.84 Å². The van der Waals surface area contributed by atoms with Crippen LogP contribution >= 0.6 is 11.3 Å². The van der Waals surface area contributed by atoms with E-state index in [1.807, 2.05) is 0 Å². The van der Waals surface area contributed by atoms with E-state index in [1.165, 1.54) is 23.5 Å². The van der Waals surface area contributed by atoms with Gasteiger partial charge in [-0.15, -0.1) is 11.3 Å². The normalized spacial score (nSPS) is 12.1. The third-order valence-corrected chi connectivity index (χ3v) is 5.06. The number of hydrogen-bond donors (Lipinski definition) is 0. The Kier molecular flexibility index (Phi) is 2.99. The van der Waals surface area contributed by atoms with Crippen molar-refractivity contribution in [3.8, 4) is 0 Å². The fraction of sp³-hybridized carbons (Fsp3) is 0.273. The number of fused-ring (bicyclic) bond motifs is 1. The Morgan fingerprint density at radius 2 is 2.12 bits per heavy atom. The highest BCUT2D eigenvalue weighted by molar-refractivity contribution is 7.90. The monoisotopic (exact) mass is 258 g/mol. The van der Waals surface area contributed by atoms with Gasteiger partial charge >= 0.3 is 0 Å². The molecule has 2 rings (SSSR count). The molecule has 0 N–H and O–H groups in total. The Labute approximate surface area is 97.6 Å². The average Bonchev–Trinajstić information content (AvgIpc) is 2.60. The van der Waals surface area contributed by atoms with E-state index in [4.69, 9.17) is 0 Å². The first-order chi connectivity index (χ1) is 7.52. The maximum absolute atomic E-state index is 12.9. The fourth-order valence-corrected chi connectivity index (χ4v) is 3.52. The van der Waals surface area contributed by atoms with Crippen molar-refractivity contribution in [3.63, 3.8) is 0 Å². The molecule has 1 heterocycles. The molecular weight excluding hydrogens is 247 g/mol. The molecule has 86 valence electrons. The van der Waals surface area contributed by atoms with E-state index in [-0.39, 0.29) is 17.3 Å². The quantitative estimate of drug-likeness (QED) is 0.848. The predicted molar refractivity (Wildman–Crippen MR) is 64.9 cm³/mol. The zero-order chi connectivity index (χ0) is 11.8. The molecule has 0 amide bonds. The molecule has 2 nitrogen and oxygen atoms in total. The van der Waals surface area contributed by atoms with Crippen LogP contribution < -0.4 is 0 Å². The lowest BCUT2D eigenvalue weighted by molar-refractivity contribution is 0.596. The SMILES string of the molecule is CCS(=O)(=O)Cc1csc2cc(F)ccc12. The number of sulfone groups is 1. The first-order valence-corrected chi connectivity index (χ1v) is 7.58. The standard InChI is InChI=1S/C11H11FO2S2/c1-2-16(13,14)7-8-6-15-11-5-9(12)3-4-10(8)11/h3-6H,2,7H2,1H3. The largest absolute Gasteiger partial charge is 0.229 e. The number of thiophene rings is 1. The van der Waals surface area contributed by atoms with E-state index >= 15 is 0 Å². The lowest BCUT2D eigenvalue weighted by Crippen LogP contribution is -2.05. The van der Waals surface area contributed by atoms with Crippen molar-refractivity contribution >= 4 is 31.3 Å². The maximum atomic E-state index is 12.9. The van der Waals surface area contributed by atoms with Crippen LogP contribution in [-0.2, 0) is 15.6 Å². The van der Waals surface area contributed by atoms with Gasteiger partial charge in [-0.3, -0.25) is 0 Å². The highest BCUT2D eigenvalue weighted by Gasteiger charge is 2.13. The van der Waals surface area contributed by atoms with Gasteiger partial charge in [0.25, 0.3) is 0 Å². The van der Waals surface area contributed by atoms with Gasteiger partial charge in [0, 0.05) is 10.5 Å². The highest BCUT2D eigenvalue weighted by Crippen LogP contribution is 2.28. The summed E-state index contributed by atoms with van der Waals surface area (Å²) in [6, 6.07) is 4.43. The summed E-state index contributed by atoms with van der Waals surface area (Å²) in [6.07, 6.45) is 0. The predicted octanol–water partition coefficient (Wildman–Crippen LogP) is 2.98. The Morgan fingerprint density at radius 1 is 1.38 bits per heavy atom. The minimum Gasteiger partial charge on any atom is -0.229 e. The van der Waals surface area contributed by atoms with E-state index in [1.54, 1.807) is 18.4 Å². The Hall–Kier alpha value is -0.940. The molecule has 0 aliphatic carbocycles. The maximum Gasteiger partial charge on any atom is 0.154 e. The number of rotatable bonds is 3. The van der Waals surface area contributed by atoms with Crippen LogP contribution in [0.1, 0.15) is 12.5 Å². The van der Waals surface area contributed by atoms with E-state index in [9.17, 15) is 12.8 Å². The molecule has 0 unspecified atom stereocenters. The molecule has 1 aromatic heterocycles. The van der Waals surface area contributed by atoms with Crippen molar-refractivity contribution in [2.45, 2.75) is 12.7 Å². The van der Waals surface area contributed by atoms with Gasteiger partial charge in [-0.1, -0.05) is 13.0 Å². The lowest BCUT2D eigenvalue weighted by Gasteiger charge is -1.99. The smallest absolute Gasteiger partial charge is 0.154 e. The van der Waals surface area contributed by atoms with Crippen LogP contribution in [0.5, 0.6) is 0 Å². The van der Waals surface area contributed by atoms with Gasteiger partial charge in [0.1, 0.15) is 5.82 Å². The summed E-state index contributed by atoms with van der Waals surface area (Å²) in [5.41, 5.74) is 0.766. The molecular formula is C11H11FO2S2. The Balaban J connectivity index is 2.47. The van der Waals surface area contributed by atoms with Crippen molar-refractivity contribution in [2.24, 2.45) is 0 Å². The van der Waals surface area contributed by atoms with Crippen LogP contribution in [0, 0.1) is 5.82 Å². The van der Waals surface area contributed by atoms with Crippen LogP contribution in [0.3, 0.4) is 0 Å². The van der Waals surface area contributed by atoms with Crippen molar-refractivity contribution in [1.29, 1.82) is 0 Å². The summed E-state index contributed by atoms with van der Waals surface area (Å²) < 4.78 is 36.7. The third-order valence-electron chi connectivity index (χ3n) is 2.43. The third kappa shape index (κ3) is 2.25. The molecule has 0 saturated heterocycles. The van der Waals surface area contributed by atoms with Gasteiger partial charge < -0.3 is 0 Å². The number of halogens is 1.